The van der Waals surface area contributed by atoms with Crippen LogP contribution < -0.4 is 10.6 Å². The van der Waals surface area contributed by atoms with Gasteiger partial charge in [-0.1, -0.05) is 26.0 Å². The lowest BCUT2D eigenvalue weighted by Gasteiger charge is -2.21. The molecule has 0 spiro atoms. The number of aliphatic hydroxyl groups excluding tert-OH is 1. The Labute approximate surface area is 125 Å². The first-order valence-electron chi connectivity index (χ1n) is 7.53. The molecule has 2 atom stereocenters. The number of rotatable bonds is 7. The van der Waals surface area contributed by atoms with E-state index in [-0.39, 0.29) is 18.6 Å². The number of hydrogen-bond acceptors (Lipinski definition) is 5. The van der Waals surface area contributed by atoms with E-state index in [1.807, 2.05) is 31.2 Å². The van der Waals surface area contributed by atoms with Crippen molar-refractivity contribution in [3.63, 3.8) is 0 Å². The van der Waals surface area contributed by atoms with Crippen LogP contribution in [0.5, 0.6) is 0 Å². The third-order valence-corrected chi connectivity index (χ3v) is 3.64. The van der Waals surface area contributed by atoms with Crippen molar-refractivity contribution in [2.24, 2.45) is 5.92 Å². The molecule has 0 aliphatic carbocycles. The molecule has 0 aliphatic heterocycles. The maximum atomic E-state index is 9.28. The molecule has 0 amide bonds. The molecule has 0 bridgehead atoms. The topological polar surface area (TPSA) is 70.1 Å². The van der Waals surface area contributed by atoms with Crippen molar-refractivity contribution in [1.29, 1.82) is 0 Å². The predicted molar refractivity (Wildman–Crippen MR) is 87.7 cm³/mol. The van der Waals surface area contributed by atoms with Gasteiger partial charge in [0.05, 0.1) is 5.52 Å². The standard InChI is InChI=1S/C16H24N4O/c1-4-9-17-16-19-14-8-6-5-7-13(14)15(20-16)18-12(3)11(2)10-21/h5-8,11-12,21H,4,9-10H2,1-3H3,(H2,17,18,19,20). The van der Waals surface area contributed by atoms with Crippen LogP contribution in [-0.4, -0.2) is 34.3 Å². The molecule has 1 heterocycles. The van der Waals surface area contributed by atoms with E-state index in [2.05, 4.69) is 34.4 Å². The Morgan fingerprint density at radius 3 is 2.67 bits per heavy atom. The number of nitrogens with zero attached hydrogens (tertiary/aromatic N) is 2. The van der Waals surface area contributed by atoms with Crippen molar-refractivity contribution in [2.75, 3.05) is 23.8 Å². The van der Waals surface area contributed by atoms with Gasteiger partial charge >= 0.3 is 0 Å². The van der Waals surface area contributed by atoms with Gasteiger partial charge in [0, 0.05) is 24.6 Å². The minimum Gasteiger partial charge on any atom is -0.396 e. The van der Waals surface area contributed by atoms with Gasteiger partial charge in [0.25, 0.3) is 0 Å². The first kappa shape index (κ1) is 15.5. The molecule has 0 radical (unpaired) electrons. The van der Waals surface area contributed by atoms with Crippen molar-refractivity contribution >= 4 is 22.7 Å². The molecule has 3 N–H and O–H groups in total. The molecule has 2 aromatic rings. The van der Waals surface area contributed by atoms with E-state index in [9.17, 15) is 5.11 Å². The van der Waals surface area contributed by atoms with E-state index in [4.69, 9.17) is 0 Å². The van der Waals surface area contributed by atoms with Crippen molar-refractivity contribution in [3.8, 4) is 0 Å². The molecular formula is C16H24N4O. The van der Waals surface area contributed by atoms with Crippen LogP contribution in [-0.2, 0) is 0 Å². The summed E-state index contributed by atoms with van der Waals surface area (Å²) in [6, 6.07) is 8.09. The second-order valence-electron chi connectivity index (χ2n) is 5.43. The highest BCUT2D eigenvalue weighted by Crippen LogP contribution is 2.23. The van der Waals surface area contributed by atoms with Gasteiger partial charge in [-0.05, 0) is 31.4 Å². The van der Waals surface area contributed by atoms with Crippen LogP contribution in [0.1, 0.15) is 27.2 Å². The molecule has 0 saturated carbocycles. The zero-order valence-electron chi connectivity index (χ0n) is 12.9. The van der Waals surface area contributed by atoms with Crippen molar-refractivity contribution < 1.29 is 5.11 Å². The van der Waals surface area contributed by atoms with Gasteiger partial charge in [-0.2, -0.15) is 4.98 Å². The van der Waals surface area contributed by atoms with Gasteiger partial charge in [0.15, 0.2) is 0 Å². The van der Waals surface area contributed by atoms with E-state index in [1.165, 1.54) is 0 Å². The molecular weight excluding hydrogens is 264 g/mol. The Bertz CT molecular complexity index is 587. The number of para-hydroxylation sites is 1. The number of aliphatic hydroxyl groups is 1. The zero-order valence-corrected chi connectivity index (χ0v) is 12.9. The fraction of sp³-hybridized carbons (Fsp3) is 0.500. The predicted octanol–water partition coefficient (Wildman–Crippen LogP) is 2.88. The molecule has 5 nitrogen and oxygen atoms in total. The molecule has 2 rings (SSSR count). The molecule has 114 valence electrons. The lowest BCUT2D eigenvalue weighted by Crippen LogP contribution is -2.27. The number of aromatic nitrogens is 2. The van der Waals surface area contributed by atoms with Gasteiger partial charge in [-0.15, -0.1) is 0 Å². The van der Waals surface area contributed by atoms with Crippen molar-refractivity contribution in [1.82, 2.24) is 9.97 Å². The highest BCUT2D eigenvalue weighted by Gasteiger charge is 2.14. The van der Waals surface area contributed by atoms with Gasteiger partial charge < -0.3 is 15.7 Å². The average molecular weight is 288 g/mol. The van der Waals surface area contributed by atoms with Crippen LogP contribution in [0.2, 0.25) is 0 Å². The highest BCUT2D eigenvalue weighted by molar-refractivity contribution is 5.90. The molecule has 0 saturated heterocycles. The second kappa shape index (κ2) is 7.22. The molecule has 1 aromatic heterocycles. The number of anilines is 2. The molecule has 2 unspecified atom stereocenters. The summed E-state index contributed by atoms with van der Waals surface area (Å²) in [7, 11) is 0. The summed E-state index contributed by atoms with van der Waals surface area (Å²) < 4.78 is 0. The minimum absolute atomic E-state index is 0.132. The Morgan fingerprint density at radius 1 is 1.19 bits per heavy atom. The number of nitrogens with one attached hydrogen (secondary N) is 2. The average Bonchev–Trinajstić information content (AvgIpc) is 2.52. The SMILES string of the molecule is CCCNc1nc(NC(C)C(C)CO)c2ccccc2n1. The fourth-order valence-electron chi connectivity index (χ4n) is 2.02. The summed E-state index contributed by atoms with van der Waals surface area (Å²) in [5.74, 6) is 1.61. The number of fused-ring (bicyclic) bond motifs is 1. The maximum absolute atomic E-state index is 9.28. The third kappa shape index (κ3) is 3.82. The molecule has 5 heteroatoms. The quantitative estimate of drug-likeness (QED) is 0.731. The Hall–Kier alpha value is -1.88. The summed E-state index contributed by atoms with van der Waals surface area (Å²) in [6.07, 6.45) is 1.02. The van der Waals surface area contributed by atoms with E-state index in [0.717, 1.165) is 29.7 Å². The van der Waals surface area contributed by atoms with Crippen LogP contribution in [0.25, 0.3) is 10.9 Å². The van der Waals surface area contributed by atoms with Crippen LogP contribution in [0.3, 0.4) is 0 Å². The molecule has 0 fully saturated rings. The van der Waals surface area contributed by atoms with Crippen molar-refractivity contribution in [3.05, 3.63) is 24.3 Å². The normalized spacial score (nSPS) is 13.9. The largest absolute Gasteiger partial charge is 0.396 e. The van der Waals surface area contributed by atoms with E-state index >= 15 is 0 Å². The Kier molecular flexibility index (Phi) is 5.33. The molecule has 21 heavy (non-hydrogen) atoms. The van der Waals surface area contributed by atoms with Crippen molar-refractivity contribution in [2.45, 2.75) is 33.2 Å². The Balaban J connectivity index is 2.34. The Morgan fingerprint density at radius 2 is 1.95 bits per heavy atom. The lowest BCUT2D eigenvalue weighted by atomic mass is 10.1. The summed E-state index contributed by atoms with van der Waals surface area (Å²) in [6.45, 7) is 7.17. The van der Waals surface area contributed by atoms with Gasteiger partial charge in [-0.3, -0.25) is 0 Å². The summed E-state index contributed by atoms with van der Waals surface area (Å²) in [5.41, 5.74) is 0.914. The minimum atomic E-state index is 0.132. The van der Waals surface area contributed by atoms with Crippen LogP contribution in [0, 0.1) is 5.92 Å². The highest BCUT2D eigenvalue weighted by atomic mass is 16.3. The van der Waals surface area contributed by atoms with Gasteiger partial charge in [0.1, 0.15) is 5.82 Å². The number of hydrogen-bond donors (Lipinski definition) is 3. The first-order valence-corrected chi connectivity index (χ1v) is 7.53. The van der Waals surface area contributed by atoms with E-state index in [1.54, 1.807) is 0 Å². The number of benzene rings is 1. The van der Waals surface area contributed by atoms with Gasteiger partial charge in [0.2, 0.25) is 5.95 Å². The third-order valence-electron chi connectivity index (χ3n) is 3.64. The fourth-order valence-corrected chi connectivity index (χ4v) is 2.02. The summed E-state index contributed by atoms with van der Waals surface area (Å²) in [4.78, 5) is 9.11. The van der Waals surface area contributed by atoms with E-state index in [0.29, 0.717) is 5.95 Å². The smallest absolute Gasteiger partial charge is 0.225 e. The van der Waals surface area contributed by atoms with Crippen LogP contribution in [0.4, 0.5) is 11.8 Å². The maximum Gasteiger partial charge on any atom is 0.225 e. The van der Waals surface area contributed by atoms with E-state index < -0.39 is 0 Å². The molecule has 0 aliphatic rings. The van der Waals surface area contributed by atoms with Gasteiger partial charge in [-0.25, -0.2) is 4.98 Å². The monoisotopic (exact) mass is 288 g/mol. The van der Waals surface area contributed by atoms with Crippen LogP contribution in [0.15, 0.2) is 24.3 Å². The second-order valence-corrected chi connectivity index (χ2v) is 5.43. The summed E-state index contributed by atoms with van der Waals surface area (Å²) >= 11 is 0. The molecule has 1 aromatic carbocycles. The zero-order chi connectivity index (χ0) is 15.2. The summed E-state index contributed by atoms with van der Waals surface area (Å²) in [5, 5.41) is 16.9. The lowest BCUT2D eigenvalue weighted by molar-refractivity contribution is 0.226. The van der Waals surface area contributed by atoms with Crippen LogP contribution >= 0.6 is 0 Å². The first-order chi connectivity index (χ1) is 10.2.